The van der Waals surface area contributed by atoms with Gasteiger partial charge >= 0.3 is 0 Å². The second kappa shape index (κ2) is 9.85. The highest BCUT2D eigenvalue weighted by Crippen LogP contribution is 2.35. The van der Waals surface area contributed by atoms with E-state index in [1.807, 2.05) is 12.2 Å². The van der Waals surface area contributed by atoms with Gasteiger partial charge in [-0.1, -0.05) is 31.2 Å². The van der Waals surface area contributed by atoms with Crippen LogP contribution in [0.4, 0.5) is 4.39 Å². The molecule has 8 heteroatoms. The number of likely N-dealkylation sites (N-methyl/N-ethyl adjacent to an activating group) is 1. The third kappa shape index (κ3) is 4.84. The van der Waals surface area contributed by atoms with Crippen molar-refractivity contribution in [2.24, 2.45) is 11.8 Å². The number of benzene rings is 1. The van der Waals surface area contributed by atoms with Gasteiger partial charge in [0, 0.05) is 26.6 Å². The molecule has 1 aromatic carbocycles. The van der Waals surface area contributed by atoms with Gasteiger partial charge in [-0.15, -0.1) is 0 Å². The average Bonchev–Trinajstić information content (AvgIpc) is 3.03. The first-order valence-electron chi connectivity index (χ1n) is 10.6. The van der Waals surface area contributed by atoms with Crippen LogP contribution in [0.5, 0.6) is 0 Å². The van der Waals surface area contributed by atoms with E-state index in [0.29, 0.717) is 24.8 Å². The summed E-state index contributed by atoms with van der Waals surface area (Å²) in [5.41, 5.74) is 0.683. The molecular formula is C23H28FN3O4. The molecule has 31 heavy (non-hydrogen) atoms. The highest BCUT2D eigenvalue weighted by atomic mass is 19.1. The number of hydrogen-bond donors (Lipinski definition) is 1. The Labute approximate surface area is 181 Å². The van der Waals surface area contributed by atoms with Crippen molar-refractivity contribution in [3.8, 4) is 0 Å². The van der Waals surface area contributed by atoms with Gasteiger partial charge in [-0.3, -0.25) is 24.1 Å². The van der Waals surface area contributed by atoms with Crippen molar-refractivity contribution < 1.29 is 23.6 Å². The summed E-state index contributed by atoms with van der Waals surface area (Å²) in [5.74, 6) is -2.15. The minimum Gasteiger partial charge on any atom is -0.357 e. The SMILES string of the molecule is CC[C@@H](C(=O)NC)N(Cc1ccc(F)cc1)C(=O)CCN1C(=O)[C@H]2CC=CC[C@H]2C1=O. The van der Waals surface area contributed by atoms with E-state index in [-0.39, 0.29) is 60.8 Å². The second-order valence-corrected chi connectivity index (χ2v) is 7.92. The molecule has 1 N–H and O–H groups in total. The molecule has 1 aromatic rings. The van der Waals surface area contributed by atoms with Crippen LogP contribution < -0.4 is 5.32 Å². The Morgan fingerprint density at radius 3 is 2.23 bits per heavy atom. The van der Waals surface area contributed by atoms with Crippen LogP contribution >= 0.6 is 0 Å². The fourth-order valence-corrected chi connectivity index (χ4v) is 4.31. The summed E-state index contributed by atoms with van der Waals surface area (Å²) in [6.45, 7) is 1.92. The monoisotopic (exact) mass is 429 g/mol. The van der Waals surface area contributed by atoms with Gasteiger partial charge in [-0.25, -0.2) is 4.39 Å². The number of nitrogens with zero attached hydrogens (tertiary/aromatic N) is 2. The Morgan fingerprint density at radius 1 is 1.13 bits per heavy atom. The first-order chi connectivity index (χ1) is 14.9. The first kappa shape index (κ1) is 22.7. The van der Waals surface area contributed by atoms with Gasteiger partial charge < -0.3 is 10.2 Å². The van der Waals surface area contributed by atoms with Crippen molar-refractivity contribution in [2.75, 3.05) is 13.6 Å². The van der Waals surface area contributed by atoms with Crippen LogP contribution in [0, 0.1) is 17.7 Å². The Bertz CT molecular complexity index is 857. The van der Waals surface area contributed by atoms with Gasteiger partial charge in [0.2, 0.25) is 23.6 Å². The number of imide groups is 1. The van der Waals surface area contributed by atoms with Crippen LogP contribution in [-0.2, 0) is 25.7 Å². The molecule has 0 saturated carbocycles. The maximum absolute atomic E-state index is 13.3. The summed E-state index contributed by atoms with van der Waals surface area (Å²) >= 11 is 0. The molecule has 0 unspecified atom stereocenters. The third-order valence-electron chi connectivity index (χ3n) is 6.05. The molecule has 1 fully saturated rings. The quantitative estimate of drug-likeness (QED) is 0.506. The lowest BCUT2D eigenvalue weighted by Gasteiger charge is -2.30. The van der Waals surface area contributed by atoms with E-state index < -0.39 is 6.04 Å². The van der Waals surface area contributed by atoms with Crippen LogP contribution in [-0.4, -0.2) is 53.1 Å². The van der Waals surface area contributed by atoms with Crippen molar-refractivity contribution >= 4 is 23.6 Å². The van der Waals surface area contributed by atoms with Gasteiger partial charge in [0.1, 0.15) is 11.9 Å². The molecule has 2 aliphatic rings. The molecule has 3 atom stereocenters. The molecule has 1 aliphatic heterocycles. The van der Waals surface area contributed by atoms with Crippen LogP contribution in [0.3, 0.4) is 0 Å². The Morgan fingerprint density at radius 2 is 1.71 bits per heavy atom. The molecule has 1 heterocycles. The summed E-state index contributed by atoms with van der Waals surface area (Å²) in [5, 5.41) is 2.57. The average molecular weight is 429 g/mol. The van der Waals surface area contributed by atoms with E-state index in [0.717, 1.165) is 0 Å². The van der Waals surface area contributed by atoms with Crippen molar-refractivity contribution in [1.29, 1.82) is 0 Å². The van der Waals surface area contributed by atoms with Crippen molar-refractivity contribution in [3.05, 3.63) is 47.8 Å². The fourth-order valence-electron chi connectivity index (χ4n) is 4.31. The molecule has 166 valence electrons. The van der Waals surface area contributed by atoms with Gasteiger partial charge in [-0.05, 0) is 37.0 Å². The number of likely N-dealkylation sites (tertiary alicyclic amines) is 1. The molecule has 1 saturated heterocycles. The van der Waals surface area contributed by atoms with Gasteiger partial charge in [0.25, 0.3) is 0 Å². The molecule has 3 rings (SSSR count). The number of hydrogen-bond acceptors (Lipinski definition) is 4. The van der Waals surface area contributed by atoms with Crippen LogP contribution in [0.1, 0.15) is 38.2 Å². The Kier molecular flexibility index (Phi) is 7.20. The number of carbonyl (C=O) groups excluding carboxylic acids is 4. The summed E-state index contributed by atoms with van der Waals surface area (Å²) in [6.07, 6.45) is 5.25. The molecule has 4 amide bonds. The maximum Gasteiger partial charge on any atom is 0.242 e. The zero-order chi connectivity index (χ0) is 22.5. The van der Waals surface area contributed by atoms with E-state index >= 15 is 0 Å². The van der Waals surface area contributed by atoms with E-state index in [1.165, 1.54) is 29.0 Å². The van der Waals surface area contributed by atoms with Gasteiger partial charge in [-0.2, -0.15) is 0 Å². The lowest BCUT2D eigenvalue weighted by molar-refractivity contribution is -0.144. The molecule has 0 aromatic heterocycles. The van der Waals surface area contributed by atoms with Crippen LogP contribution in [0.2, 0.25) is 0 Å². The largest absolute Gasteiger partial charge is 0.357 e. The lowest BCUT2D eigenvalue weighted by Crippen LogP contribution is -2.49. The van der Waals surface area contributed by atoms with E-state index in [2.05, 4.69) is 5.32 Å². The Balaban J connectivity index is 1.73. The topological polar surface area (TPSA) is 86.8 Å². The van der Waals surface area contributed by atoms with Crippen molar-refractivity contribution in [2.45, 2.75) is 45.2 Å². The zero-order valence-corrected chi connectivity index (χ0v) is 17.8. The summed E-state index contributed by atoms with van der Waals surface area (Å²) in [7, 11) is 1.50. The first-order valence-corrected chi connectivity index (χ1v) is 10.6. The van der Waals surface area contributed by atoms with Crippen molar-refractivity contribution in [3.63, 3.8) is 0 Å². The zero-order valence-electron chi connectivity index (χ0n) is 17.8. The van der Waals surface area contributed by atoms with Crippen LogP contribution in [0.25, 0.3) is 0 Å². The third-order valence-corrected chi connectivity index (χ3v) is 6.05. The molecule has 7 nitrogen and oxygen atoms in total. The molecular weight excluding hydrogens is 401 g/mol. The van der Waals surface area contributed by atoms with Crippen molar-refractivity contribution in [1.82, 2.24) is 15.1 Å². The summed E-state index contributed by atoms with van der Waals surface area (Å²) in [6, 6.07) is 5.03. The smallest absolute Gasteiger partial charge is 0.242 e. The number of allylic oxidation sites excluding steroid dienone is 2. The fraction of sp³-hybridized carbons (Fsp3) is 0.478. The summed E-state index contributed by atoms with van der Waals surface area (Å²) < 4.78 is 13.3. The minimum absolute atomic E-state index is 0.00635. The predicted molar refractivity (Wildman–Crippen MR) is 112 cm³/mol. The van der Waals surface area contributed by atoms with E-state index in [9.17, 15) is 23.6 Å². The highest BCUT2D eigenvalue weighted by molar-refractivity contribution is 6.05. The lowest BCUT2D eigenvalue weighted by atomic mass is 9.85. The number of carbonyl (C=O) groups is 4. The van der Waals surface area contributed by atoms with E-state index in [1.54, 1.807) is 19.1 Å². The number of nitrogens with one attached hydrogen (secondary N) is 1. The molecule has 0 radical (unpaired) electrons. The minimum atomic E-state index is -0.709. The predicted octanol–water partition coefficient (Wildman–Crippen LogP) is 2.02. The van der Waals surface area contributed by atoms with Gasteiger partial charge in [0.15, 0.2) is 0 Å². The molecule has 0 spiro atoms. The number of fused-ring (bicyclic) bond motifs is 1. The molecule has 1 aliphatic carbocycles. The number of halogens is 1. The molecule has 0 bridgehead atoms. The normalized spacial score (nSPS) is 21.1. The van der Waals surface area contributed by atoms with Gasteiger partial charge in [0.05, 0.1) is 11.8 Å². The number of amides is 4. The van der Waals surface area contributed by atoms with Crippen LogP contribution in [0.15, 0.2) is 36.4 Å². The summed E-state index contributed by atoms with van der Waals surface area (Å²) in [4.78, 5) is 53.4. The van der Waals surface area contributed by atoms with E-state index in [4.69, 9.17) is 0 Å². The second-order valence-electron chi connectivity index (χ2n) is 7.92. The number of rotatable bonds is 8. The maximum atomic E-state index is 13.3. The Hall–Kier alpha value is -3.03. The highest BCUT2D eigenvalue weighted by Gasteiger charge is 2.47. The standard InChI is InChI=1S/C23H28FN3O4/c1-3-19(21(29)25-2)27(14-15-8-10-16(24)11-9-15)20(28)12-13-26-22(30)17-6-4-5-7-18(17)23(26)31/h4-5,8-11,17-19H,3,6-7,12-14H2,1-2H3,(H,25,29)/t17-,18+,19-/m0/s1.